The molecular formula is C12H10N2O2. The molecule has 1 aromatic heterocycles. The van der Waals surface area contributed by atoms with Gasteiger partial charge in [0.15, 0.2) is 5.78 Å². The van der Waals surface area contributed by atoms with E-state index in [9.17, 15) is 9.90 Å². The van der Waals surface area contributed by atoms with Crippen molar-refractivity contribution in [2.75, 3.05) is 5.73 Å². The summed E-state index contributed by atoms with van der Waals surface area (Å²) in [5, 5.41) is 9.35. The van der Waals surface area contributed by atoms with Gasteiger partial charge in [0.05, 0.1) is 0 Å². The Kier molecular flexibility index (Phi) is 2.55. The number of rotatable bonds is 2. The van der Waals surface area contributed by atoms with Crippen molar-refractivity contribution >= 4 is 11.5 Å². The number of carbonyl (C=O) groups excluding carboxylic acids is 1. The van der Waals surface area contributed by atoms with Gasteiger partial charge in [-0.1, -0.05) is 0 Å². The number of pyridine rings is 1. The van der Waals surface area contributed by atoms with Crippen LogP contribution in [0.1, 0.15) is 15.9 Å². The van der Waals surface area contributed by atoms with E-state index in [1.54, 1.807) is 24.5 Å². The quantitative estimate of drug-likeness (QED) is 0.588. The van der Waals surface area contributed by atoms with E-state index in [4.69, 9.17) is 5.73 Å². The molecule has 1 aromatic carbocycles. The van der Waals surface area contributed by atoms with Gasteiger partial charge in [-0.05, 0) is 24.3 Å². The van der Waals surface area contributed by atoms with E-state index in [0.29, 0.717) is 16.8 Å². The first kappa shape index (κ1) is 10.2. The molecule has 0 radical (unpaired) electrons. The number of nitrogens with zero attached hydrogens (tertiary/aromatic N) is 1. The fourth-order valence-electron chi connectivity index (χ4n) is 1.44. The molecule has 2 aromatic rings. The zero-order valence-corrected chi connectivity index (χ0v) is 8.42. The van der Waals surface area contributed by atoms with E-state index >= 15 is 0 Å². The molecule has 3 N–H and O–H groups in total. The Labute approximate surface area is 92.4 Å². The van der Waals surface area contributed by atoms with Gasteiger partial charge in [-0.3, -0.25) is 9.78 Å². The second-order valence-electron chi connectivity index (χ2n) is 3.38. The fourth-order valence-corrected chi connectivity index (χ4v) is 1.44. The monoisotopic (exact) mass is 214 g/mol. The molecule has 0 saturated heterocycles. The van der Waals surface area contributed by atoms with Crippen molar-refractivity contribution in [3.63, 3.8) is 0 Å². The van der Waals surface area contributed by atoms with E-state index < -0.39 is 0 Å². The lowest BCUT2D eigenvalue weighted by Gasteiger charge is -2.03. The molecule has 0 bridgehead atoms. The first-order chi connectivity index (χ1) is 7.66. The number of aromatic nitrogens is 1. The van der Waals surface area contributed by atoms with Crippen molar-refractivity contribution in [3.8, 4) is 5.75 Å². The summed E-state index contributed by atoms with van der Waals surface area (Å²) in [7, 11) is 0. The largest absolute Gasteiger partial charge is 0.508 e. The minimum Gasteiger partial charge on any atom is -0.508 e. The highest BCUT2D eigenvalue weighted by molar-refractivity contribution is 6.09. The molecule has 0 amide bonds. The van der Waals surface area contributed by atoms with E-state index in [1.165, 1.54) is 18.2 Å². The number of hydrogen-bond donors (Lipinski definition) is 2. The molecule has 4 nitrogen and oxygen atoms in total. The highest BCUT2D eigenvalue weighted by Crippen LogP contribution is 2.19. The van der Waals surface area contributed by atoms with Crippen molar-refractivity contribution in [1.82, 2.24) is 4.98 Å². The van der Waals surface area contributed by atoms with Gasteiger partial charge in [-0.2, -0.15) is 0 Å². The number of aromatic hydroxyl groups is 1. The third-order valence-electron chi connectivity index (χ3n) is 2.14. The first-order valence-corrected chi connectivity index (χ1v) is 4.71. The molecule has 80 valence electrons. The van der Waals surface area contributed by atoms with Crippen LogP contribution in [0.3, 0.4) is 0 Å². The Hall–Kier alpha value is -2.36. The zero-order valence-electron chi connectivity index (χ0n) is 8.42. The summed E-state index contributed by atoms with van der Waals surface area (Å²) in [6.07, 6.45) is 3.08. The van der Waals surface area contributed by atoms with Crippen LogP contribution in [-0.2, 0) is 0 Å². The van der Waals surface area contributed by atoms with Gasteiger partial charge in [0.1, 0.15) is 5.75 Å². The number of hydrogen-bond acceptors (Lipinski definition) is 4. The molecule has 0 fully saturated rings. The van der Waals surface area contributed by atoms with Crippen LogP contribution in [0.4, 0.5) is 5.69 Å². The summed E-state index contributed by atoms with van der Waals surface area (Å²) in [5.41, 5.74) is 6.79. The van der Waals surface area contributed by atoms with Crippen LogP contribution < -0.4 is 5.73 Å². The number of phenolic OH excluding ortho intramolecular Hbond substituents is 1. The number of ketones is 1. The Morgan fingerprint density at radius 2 is 1.81 bits per heavy atom. The SMILES string of the molecule is Nc1cc(O)cc(C(=O)c2ccncc2)c1. The molecule has 0 unspecified atom stereocenters. The summed E-state index contributed by atoms with van der Waals surface area (Å²) >= 11 is 0. The van der Waals surface area contributed by atoms with Crippen LogP contribution in [0.15, 0.2) is 42.7 Å². The predicted molar refractivity (Wildman–Crippen MR) is 60.2 cm³/mol. The molecule has 0 atom stereocenters. The van der Waals surface area contributed by atoms with Gasteiger partial charge < -0.3 is 10.8 Å². The van der Waals surface area contributed by atoms with Gasteiger partial charge in [0.2, 0.25) is 0 Å². The summed E-state index contributed by atoms with van der Waals surface area (Å²) < 4.78 is 0. The number of nitrogen functional groups attached to an aromatic ring is 1. The number of nitrogens with two attached hydrogens (primary N) is 1. The minimum atomic E-state index is -0.190. The van der Waals surface area contributed by atoms with Crippen LogP contribution in [0.2, 0.25) is 0 Å². The van der Waals surface area contributed by atoms with E-state index in [1.807, 2.05) is 0 Å². The van der Waals surface area contributed by atoms with Crippen molar-refractivity contribution in [1.29, 1.82) is 0 Å². The molecule has 4 heteroatoms. The van der Waals surface area contributed by atoms with Crippen LogP contribution in [-0.4, -0.2) is 15.9 Å². The van der Waals surface area contributed by atoms with Gasteiger partial charge in [-0.15, -0.1) is 0 Å². The Bertz CT molecular complexity index is 504. The molecule has 0 spiro atoms. The maximum Gasteiger partial charge on any atom is 0.193 e. The number of benzene rings is 1. The second kappa shape index (κ2) is 4.02. The van der Waals surface area contributed by atoms with E-state index in [0.717, 1.165) is 0 Å². The Morgan fingerprint density at radius 1 is 1.12 bits per heavy atom. The van der Waals surface area contributed by atoms with Crippen molar-refractivity contribution in [3.05, 3.63) is 53.9 Å². The second-order valence-corrected chi connectivity index (χ2v) is 3.38. The van der Waals surface area contributed by atoms with Gasteiger partial charge in [-0.25, -0.2) is 0 Å². The highest BCUT2D eigenvalue weighted by atomic mass is 16.3. The lowest BCUT2D eigenvalue weighted by atomic mass is 10.0. The molecule has 0 aliphatic heterocycles. The third-order valence-corrected chi connectivity index (χ3v) is 2.14. The first-order valence-electron chi connectivity index (χ1n) is 4.71. The molecule has 2 rings (SSSR count). The molecule has 0 aliphatic rings. The zero-order chi connectivity index (χ0) is 11.5. The summed E-state index contributed by atoms with van der Waals surface area (Å²) in [6.45, 7) is 0. The van der Waals surface area contributed by atoms with Crippen LogP contribution in [0.25, 0.3) is 0 Å². The number of carbonyl (C=O) groups is 1. The summed E-state index contributed by atoms with van der Waals surface area (Å²) in [6, 6.07) is 7.54. The van der Waals surface area contributed by atoms with Gasteiger partial charge >= 0.3 is 0 Å². The lowest BCUT2D eigenvalue weighted by Crippen LogP contribution is -2.02. The number of anilines is 1. The Balaban J connectivity index is 2.42. The standard InChI is InChI=1S/C12H10N2O2/c13-10-5-9(6-11(15)7-10)12(16)8-1-3-14-4-2-8/h1-7,15H,13H2. The van der Waals surface area contributed by atoms with Crippen LogP contribution >= 0.6 is 0 Å². The average molecular weight is 214 g/mol. The molecule has 0 aliphatic carbocycles. The summed E-state index contributed by atoms with van der Waals surface area (Å²) in [4.78, 5) is 15.8. The molecule has 0 saturated carbocycles. The van der Waals surface area contributed by atoms with Crippen LogP contribution in [0.5, 0.6) is 5.75 Å². The highest BCUT2D eigenvalue weighted by Gasteiger charge is 2.10. The summed E-state index contributed by atoms with van der Waals surface area (Å²) in [5.74, 6) is -0.206. The van der Waals surface area contributed by atoms with Crippen molar-refractivity contribution in [2.45, 2.75) is 0 Å². The van der Waals surface area contributed by atoms with Gasteiger partial charge in [0, 0.05) is 35.3 Å². The minimum absolute atomic E-state index is 0.0163. The molecular weight excluding hydrogens is 204 g/mol. The molecule has 16 heavy (non-hydrogen) atoms. The molecule has 1 heterocycles. The third kappa shape index (κ3) is 2.00. The smallest absolute Gasteiger partial charge is 0.193 e. The Morgan fingerprint density at radius 3 is 2.44 bits per heavy atom. The predicted octanol–water partition coefficient (Wildman–Crippen LogP) is 1.60. The van der Waals surface area contributed by atoms with E-state index in [-0.39, 0.29) is 11.5 Å². The maximum atomic E-state index is 12.0. The normalized spacial score (nSPS) is 10.0. The average Bonchev–Trinajstić information content (AvgIpc) is 2.28. The number of phenols is 1. The lowest BCUT2D eigenvalue weighted by molar-refractivity contribution is 0.103. The van der Waals surface area contributed by atoms with Crippen molar-refractivity contribution < 1.29 is 9.90 Å². The van der Waals surface area contributed by atoms with E-state index in [2.05, 4.69) is 4.98 Å². The van der Waals surface area contributed by atoms with Crippen molar-refractivity contribution in [2.24, 2.45) is 0 Å². The van der Waals surface area contributed by atoms with Gasteiger partial charge in [0.25, 0.3) is 0 Å². The maximum absolute atomic E-state index is 12.0. The van der Waals surface area contributed by atoms with Crippen LogP contribution in [0, 0.1) is 0 Å². The fraction of sp³-hybridized carbons (Fsp3) is 0. The topological polar surface area (TPSA) is 76.2 Å².